The van der Waals surface area contributed by atoms with Gasteiger partial charge in [-0.05, 0) is 48.4 Å². The summed E-state index contributed by atoms with van der Waals surface area (Å²) >= 11 is 4.02. The molecule has 26 heavy (non-hydrogen) atoms. The van der Waals surface area contributed by atoms with E-state index in [0.717, 1.165) is 22.0 Å². The van der Waals surface area contributed by atoms with Crippen LogP contribution in [0.5, 0.6) is 0 Å². The SMILES string of the molecule is O=C(CCCCNS(=O)(=O)c1ccc(Br)cc1)Nc1ncc([N+](=O)[O-])s1. The molecule has 2 rings (SSSR count). The van der Waals surface area contributed by atoms with Crippen molar-refractivity contribution in [3.05, 3.63) is 45.0 Å². The summed E-state index contributed by atoms with van der Waals surface area (Å²) in [6.07, 6.45) is 2.17. The van der Waals surface area contributed by atoms with E-state index in [0.29, 0.717) is 12.8 Å². The van der Waals surface area contributed by atoms with E-state index < -0.39 is 14.9 Å². The minimum Gasteiger partial charge on any atom is -0.302 e. The Balaban J connectivity index is 1.70. The first kappa shape index (κ1) is 20.4. The Morgan fingerprint density at radius 2 is 1.96 bits per heavy atom. The van der Waals surface area contributed by atoms with Gasteiger partial charge in [0.25, 0.3) is 0 Å². The number of benzene rings is 1. The van der Waals surface area contributed by atoms with Crippen molar-refractivity contribution in [2.45, 2.75) is 24.2 Å². The van der Waals surface area contributed by atoms with Crippen molar-refractivity contribution < 1.29 is 18.1 Å². The summed E-state index contributed by atoms with van der Waals surface area (Å²) in [5, 5.41) is 13.0. The zero-order valence-corrected chi connectivity index (χ0v) is 16.6. The summed E-state index contributed by atoms with van der Waals surface area (Å²) in [4.78, 5) is 25.6. The fraction of sp³-hybridized carbons (Fsp3) is 0.286. The summed E-state index contributed by atoms with van der Waals surface area (Å²) < 4.78 is 27.4. The molecular weight excluding hydrogens is 448 g/mol. The standard InChI is InChI=1S/C14H15BrN4O5S2/c15-10-4-6-11(7-5-10)26(23,24)17-8-2-1-3-12(20)18-14-16-9-13(25-14)19(21)22/h4-7,9,17H,1-3,8H2,(H,16,18,20). The Labute approximate surface area is 162 Å². The molecule has 0 aliphatic carbocycles. The van der Waals surface area contributed by atoms with Gasteiger partial charge in [0.2, 0.25) is 15.9 Å². The van der Waals surface area contributed by atoms with E-state index in [2.05, 4.69) is 31.0 Å². The van der Waals surface area contributed by atoms with Gasteiger partial charge in [-0.2, -0.15) is 0 Å². The van der Waals surface area contributed by atoms with Crippen LogP contribution in [0.3, 0.4) is 0 Å². The van der Waals surface area contributed by atoms with E-state index in [1.54, 1.807) is 12.1 Å². The van der Waals surface area contributed by atoms with E-state index in [1.807, 2.05) is 0 Å². The van der Waals surface area contributed by atoms with Gasteiger partial charge in [-0.3, -0.25) is 14.9 Å². The Bertz CT molecular complexity index is 883. The molecule has 140 valence electrons. The number of hydrogen-bond acceptors (Lipinski definition) is 7. The number of carbonyl (C=O) groups is 1. The van der Waals surface area contributed by atoms with Crippen LogP contribution in [0.25, 0.3) is 0 Å². The molecule has 1 heterocycles. The van der Waals surface area contributed by atoms with Gasteiger partial charge in [0.1, 0.15) is 6.20 Å². The van der Waals surface area contributed by atoms with Crippen LogP contribution in [0.1, 0.15) is 19.3 Å². The molecule has 0 spiro atoms. The zero-order chi connectivity index (χ0) is 19.2. The van der Waals surface area contributed by atoms with Gasteiger partial charge in [0.15, 0.2) is 5.13 Å². The van der Waals surface area contributed by atoms with Gasteiger partial charge >= 0.3 is 5.00 Å². The lowest BCUT2D eigenvalue weighted by Crippen LogP contribution is -2.25. The number of amides is 1. The van der Waals surface area contributed by atoms with Crippen molar-refractivity contribution in [2.24, 2.45) is 0 Å². The van der Waals surface area contributed by atoms with E-state index >= 15 is 0 Å². The molecule has 0 aliphatic rings. The highest BCUT2D eigenvalue weighted by atomic mass is 79.9. The molecule has 12 heteroatoms. The summed E-state index contributed by atoms with van der Waals surface area (Å²) in [6.45, 7) is 0.203. The summed E-state index contributed by atoms with van der Waals surface area (Å²) in [6, 6.07) is 6.27. The second-order valence-corrected chi connectivity index (χ2v) is 8.81. The molecule has 0 radical (unpaired) electrons. The molecular formula is C14H15BrN4O5S2. The first-order valence-electron chi connectivity index (χ1n) is 7.43. The number of sulfonamides is 1. The molecule has 2 N–H and O–H groups in total. The molecule has 2 aromatic rings. The number of aromatic nitrogens is 1. The van der Waals surface area contributed by atoms with Gasteiger partial charge in [-0.1, -0.05) is 15.9 Å². The van der Waals surface area contributed by atoms with Gasteiger partial charge in [0.05, 0.1) is 9.82 Å². The third kappa shape index (κ3) is 6.12. The monoisotopic (exact) mass is 462 g/mol. The molecule has 0 unspecified atom stereocenters. The zero-order valence-electron chi connectivity index (χ0n) is 13.3. The highest BCUT2D eigenvalue weighted by Gasteiger charge is 2.14. The van der Waals surface area contributed by atoms with Crippen molar-refractivity contribution >= 4 is 53.3 Å². The normalized spacial score (nSPS) is 11.3. The van der Waals surface area contributed by atoms with Crippen LogP contribution in [0, 0.1) is 10.1 Å². The fourth-order valence-corrected chi connectivity index (χ4v) is 3.89. The predicted octanol–water partition coefficient (Wildman–Crippen LogP) is 2.90. The fourth-order valence-electron chi connectivity index (χ4n) is 1.90. The van der Waals surface area contributed by atoms with Crippen LogP contribution in [0.2, 0.25) is 0 Å². The van der Waals surface area contributed by atoms with Crippen molar-refractivity contribution in [2.75, 3.05) is 11.9 Å². The van der Waals surface area contributed by atoms with Gasteiger partial charge in [0, 0.05) is 17.4 Å². The smallest absolute Gasteiger partial charge is 0.302 e. The highest BCUT2D eigenvalue weighted by molar-refractivity contribution is 9.10. The Morgan fingerprint density at radius 1 is 1.27 bits per heavy atom. The average Bonchev–Trinajstić information content (AvgIpc) is 3.03. The Kier molecular flexibility index (Phi) is 7.20. The van der Waals surface area contributed by atoms with Crippen molar-refractivity contribution in [3.8, 4) is 0 Å². The number of halogens is 1. The average molecular weight is 463 g/mol. The lowest BCUT2D eigenvalue weighted by Gasteiger charge is -2.07. The third-order valence-corrected chi connectivity index (χ3v) is 6.04. The molecule has 1 aromatic carbocycles. The molecule has 0 saturated carbocycles. The highest BCUT2D eigenvalue weighted by Crippen LogP contribution is 2.25. The van der Waals surface area contributed by atoms with Crippen LogP contribution in [0.4, 0.5) is 10.1 Å². The number of hydrogen-bond donors (Lipinski definition) is 2. The Morgan fingerprint density at radius 3 is 2.58 bits per heavy atom. The van der Waals surface area contributed by atoms with Crippen LogP contribution in [-0.2, 0) is 14.8 Å². The Hall–Kier alpha value is -1.89. The lowest BCUT2D eigenvalue weighted by molar-refractivity contribution is -0.380. The molecule has 9 nitrogen and oxygen atoms in total. The lowest BCUT2D eigenvalue weighted by atomic mass is 10.2. The molecule has 0 atom stereocenters. The van der Waals surface area contributed by atoms with E-state index in [9.17, 15) is 23.3 Å². The minimum absolute atomic E-state index is 0.150. The summed E-state index contributed by atoms with van der Waals surface area (Å²) in [5.41, 5.74) is 0. The first-order chi connectivity index (χ1) is 12.3. The maximum absolute atomic E-state index is 12.1. The maximum Gasteiger partial charge on any atom is 0.345 e. The number of carbonyl (C=O) groups excluding carboxylic acids is 1. The van der Waals surface area contributed by atoms with Crippen LogP contribution < -0.4 is 10.0 Å². The minimum atomic E-state index is -3.58. The number of anilines is 1. The van der Waals surface area contributed by atoms with Crippen molar-refractivity contribution in [1.29, 1.82) is 0 Å². The van der Waals surface area contributed by atoms with Crippen molar-refractivity contribution in [1.82, 2.24) is 9.71 Å². The second kappa shape index (κ2) is 9.16. The number of nitro groups is 1. The molecule has 0 fully saturated rings. The largest absolute Gasteiger partial charge is 0.345 e. The number of nitrogens with one attached hydrogen (secondary N) is 2. The number of thiazole rings is 1. The molecule has 0 saturated heterocycles. The quantitative estimate of drug-likeness (QED) is 0.334. The van der Waals surface area contributed by atoms with Crippen LogP contribution in [-0.4, -0.2) is 30.8 Å². The third-order valence-electron chi connectivity index (χ3n) is 3.17. The van der Waals surface area contributed by atoms with E-state index in [1.165, 1.54) is 12.1 Å². The number of rotatable bonds is 9. The first-order valence-corrected chi connectivity index (χ1v) is 10.5. The maximum atomic E-state index is 12.1. The van der Waals surface area contributed by atoms with E-state index in [-0.39, 0.29) is 33.9 Å². The predicted molar refractivity (Wildman–Crippen MR) is 101 cm³/mol. The molecule has 0 bridgehead atoms. The summed E-state index contributed by atoms with van der Waals surface area (Å²) in [5.74, 6) is -0.329. The second-order valence-electron chi connectivity index (χ2n) is 5.12. The molecule has 1 aromatic heterocycles. The van der Waals surface area contributed by atoms with Gasteiger partial charge < -0.3 is 5.32 Å². The topological polar surface area (TPSA) is 131 Å². The molecule has 0 aliphatic heterocycles. The number of unbranched alkanes of at least 4 members (excludes halogenated alkanes) is 1. The van der Waals surface area contributed by atoms with Gasteiger partial charge in [-0.15, -0.1) is 0 Å². The molecule has 1 amide bonds. The van der Waals surface area contributed by atoms with Crippen LogP contribution in [0.15, 0.2) is 39.8 Å². The van der Waals surface area contributed by atoms with Crippen molar-refractivity contribution in [3.63, 3.8) is 0 Å². The number of nitrogens with zero attached hydrogens (tertiary/aromatic N) is 2. The van der Waals surface area contributed by atoms with Crippen LogP contribution >= 0.6 is 27.3 Å². The van der Waals surface area contributed by atoms with Gasteiger partial charge in [-0.25, -0.2) is 18.1 Å². The van der Waals surface area contributed by atoms with E-state index in [4.69, 9.17) is 0 Å². The summed E-state index contributed by atoms with van der Waals surface area (Å²) in [7, 11) is -3.58.